The number of furan rings is 3. The van der Waals surface area contributed by atoms with Crippen molar-refractivity contribution < 1.29 is 13.3 Å². The Morgan fingerprint density at radius 1 is 0.144 bits per heavy atom. The van der Waals surface area contributed by atoms with Gasteiger partial charge in [-0.1, -0.05) is 351 Å². The zero-order valence-corrected chi connectivity index (χ0v) is 78.2. The Hall–Kier alpha value is -17.3. The lowest BCUT2D eigenvalue weighted by atomic mass is 9.82. The van der Waals surface area contributed by atoms with Crippen LogP contribution in [0, 0.1) is 0 Å². The molecule has 0 N–H and O–H groups in total. The molecule has 6 heteroatoms. The van der Waals surface area contributed by atoms with Gasteiger partial charge in [-0.15, -0.1) is 0 Å². The van der Waals surface area contributed by atoms with E-state index in [4.69, 9.17) is 13.3 Å². The standard InChI is InChI=1S/2C45H33NO.C43H31NO/c1-45(2)41-27-36(25-26-37(41)39-29-44-40(28-42(39)45)38-15-9-10-16-43(38)47-44)46(34-21-17-32(18-22-34)30-11-5-3-6-12-30)35-23-19-33(20-24-35)31-13-7-4-8-14-31;1-45(2)41-26-25-36(27-38(41)39-29-44-40(28-42(39)45)37-15-9-10-16-43(37)47-44)46(34-21-17-32(18-22-34)30-11-5-3-6-12-30)35-23-19-33(20-24-35)31-13-7-4-8-14-31;1-43(2)39-25-34(22-23-35(39)37-27-42-38(26-40(37)43)36-14-8-9-15-41(36)45-42)44(32-12-4-3-5-13-32)33-20-18-29(19-21-33)31-17-16-28-10-6-7-11-30(28)24-31/h2*3-29H,1-2H3;3-27H,1-2H3. The summed E-state index contributed by atoms with van der Waals surface area (Å²) in [7, 11) is 0. The van der Waals surface area contributed by atoms with Gasteiger partial charge in [-0.3, -0.25) is 0 Å². The summed E-state index contributed by atoms with van der Waals surface area (Å²) in [6, 6.07) is 173. The Kier molecular flexibility index (Phi) is 20.2. The van der Waals surface area contributed by atoms with E-state index in [1.54, 1.807) is 0 Å². The molecule has 3 aliphatic carbocycles. The van der Waals surface area contributed by atoms with Gasteiger partial charge in [0.15, 0.2) is 0 Å². The van der Waals surface area contributed by atoms with Crippen molar-refractivity contribution in [2.45, 2.75) is 57.8 Å². The SMILES string of the molecule is CC1(C)c2cc(N(c3ccc(-c4ccccc4)cc3)c3ccc(-c4ccccc4)cc3)ccc2-c2cc3oc4ccccc4c3cc21.CC1(C)c2cc(N(c3ccccc3)c3ccc(-c4ccc5ccccc5c4)cc3)ccc2-c2cc3oc4ccccc4c3cc21.CC1(C)c2ccc(N(c3ccc(-c4ccccc4)cc3)c3ccc(-c4ccccc4)cc3)cc2-c2cc3oc4ccccc4c3cc21. The van der Waals surface area contributed by atoms with Crippen molar-refractivity contribution in [1.82, 2.24) is 0 Å². The van der Waals surface area contributed by atoms with Gasteiger partial charge in [0.2, 0.25) is 0 Å². The molecular formula is C133H97N3O3. The fourth-order valence-electron chi connectivity index (χ4n) is 22.1. The molecule has 21 aromatic carbocycles. The van der Waals surface area contributed by atoms with Crippen LogP contribution in [0.1, 0.15) is 74.9 Å². The molecular weight excluding hydrogens is 1690 g/mol. The summed E-state index contributed by atoms with van der Waals surface area (Å²) in [5, 5.41) is 9.57. The maximum atomic E-state index is 6.36. The van der Waals surface area contributed by atoms with Gasteiger partial charge in [-0.25, -0.2) is 0 Å². The predicted octanol–water partition coefficient (Wildman–Crippen LogP) is 37.6. The second-order valence-electron chi connectivity index (χ2n) is 38.6. The second kappa shape index (κ2) is 33.6. The van der Waals surface area contributed by atoms with Crippen molar-refractivity contribution in [1.29, 1.82) is 0 Å². The fraction of sp³-hybridized carbons (Fsp3) is 0.0677. The van der Waals surface area contributed by atoms with Crippen LogP contribution >= 0.6 is 0 Å². The van der Waals surface area contributed by atoms with Gasteiger partial charge in [0.25, 0.3) is 0 Å². The summed E-state index contributed by atoms with van der Waals surface area (Å²) in [5.41, 5.74) is 43.0. The molecule has 3 heterocycles. The third-order valence-corrected chi connectivity index (χ3v) is 29.4. The zero-order valence-electron chi connectivity index (χ0n) is 78.2. The summed E-state index contributed by atoms with van der Waals surface area (Å²) in [4.78, 5) is 7.11. The number of rotatable bonds is 14. The summed E-state index contributed by atoms with van der Waals surface area (Å²) >= 11 is 0. The molecule has 0 saturated carbocycles. The number of fused-ring (bicyclic) bond motifs is 19. The minimum atomic E-state index is -0.173. The molecule has 0 radical (unpaired) electrons. The summed E-state index contributed by atoms with van der Waals surface area (Å²) < 4.78 is 19.0. The van der Waals surface area contributed by atoms with Crippen molar-refractivity contribution in [3.63, 3.8) is 0 Å². The van der Waals surface area contributed by atoms with Crippen molar-refractivity contribution in [2.24, 2.45) is 0 Å². The van der Waals surface area contributed by atoms with E-state index in [1.807, 2.05) is 18.2 Å². The maximum absolute atomic E-state index is 6.36. The maximum Gasteiger partial charge on any atom is 0.136 e. The molecule has 6 nitrogen and oxygen atoms in total. The lowest BCUT2D eigenvalue weighted by molar-refractivity contribution is 0.657. The Morgan fingerprint density at radius 2 is 0.388 bits per heavy atom. The first-order valence-corrected chi connectivity index (χ1v) is 48.1. The molecule has 0 fully saturated rings. The normalized spacial score (nSPS) is 13.1. The minimum Gasteiger partial charge on any atom is -0.456 e. The first-order chi connectivity index (χ1) is 68.1. The van der Waals surface area contributed by atoms with Crippen molar-refractivity contribution in [3.8, 4) is 89.0 Å². The monoisotopic (exact) mass is 1780 g/mol. The van der Waals surface area contributed by atoms with Crippen molar-refractivity contribution >= 4 is 128 Å². The van der Waals surface area contributed by atoms with Crippen LogP contribution in [0.5, 0.6) is 0 Å². The van der Waals surface area contributed by atoms with E-state index in [-0.39, 0.29) is 16.2 Å². The number of para-hydroxylation sites is 4. The number of benzene rings is 21. The summed E-state index contributed by atoms with van der Waals surface area (Å²) in [6.07, 6.45) is 0. The van der Waals surface area contributed by atoms with Crippen molar-refractivity contribution in [3.05, 3.63) is 513 Å². The van der Waals surface area contributed by atoms with Crippen LogP contribution in [-0.2, 0) is 16.2 Å². The average molecular weight is 1790 g/mol. The van der Waals surface area contributed by atoms with E-state index in [2.05, 4.69) is 517 Å². The largest absolute Gasteiger partial charge is 0.456 e. The van der Waals surface area contributed by atoms with Crippen molar-refractivity contribution in [2.75, 3.05) is 14.7 Å². The highest BCUT2D eigenvalue weighted by Crippen LogP contribution is 2.58. The van der Waals surface area contributed by atoms with E-state index in [1.165, 1.54) is 165 Å². The molecule has 27 rings (SSSR count). The van der Waals surface area contributed by atoms with E-state index in [0.717, 1.165) is 84.7 Å². The van der Waals surface area contributed by atoms with Gasteiger partial charge >= 0.3 is 0 Å². The van der Waals surface area contributed by atoms with E-state index >= 15 is 0 Å². The topological polar surface area (TPSA) is 49.1 Å². The molecule has 0 spiro atoms. The summed E-state index contributed by atoms with van der Waals surface area (Å²) in [5.74, 6) is 0. The lowest BCUT2D eigenvalue weighted by Gasteiger charge is -2.28. The number of hydrogen-bond donors (Lipinski definition) is 0. The van der Waals surface area contributed by atoms with Gasteiger partial charge in [-0.05, 0) is 303 Å². The Morgan fingerprint density at radius 3 is 0.748 bits per heavy atom. The van der Waals surface area contributed by atoms with Crippen LogP contribution in [0.15, 0.2) is 492 Å². The Balaban J connectivity index is 0.000000110. The minimum absolute atomic E-state index is 0.130. The molecule has 0 unspecified atom stereocenters. The smallest absolute Gasteiger partial charge is 0.136 e. The van der Waals surface area contributed by atoms with Gasteiger partial charge in [0.05, 0.1) is 0 Å². The third-order valence-electron chi connectivity index (χ3n) is 29.4. The fourth-order valence-corrected chi connectivity index (χ4v) is 22.1. The van der Waals surface area contributed by atoms with Gasteiger partial charge in [0.1, 0.15) is 33.5 Å². The molecule has 0 bridgehead atoms. The van der Waals surface area contributed by atoms with E-state index in [0.29, 0.717) is 0 Å². The molecule has 0 aliphatic heterocycles. The molecule has 24 aromatic rings. The van der Waals surface area contributed by atoms with Crippen LogP contribution in [0.3, 0.4) is 0 Å². The molecule has 662 valence electrons. The zero-order chi connectivity index (χ0) is 93.2. The molecule has 3 aromatic heterocycles. The van der Waals surface area contributed by atoms with Gasteiger partial charge in [-0.2, -0.15) is 0 Å². The second-order valence-corrected chi connectivity index (χ2v) is 38.6. The molecule has 0 atom stereocenters. The van der Waals surface area contributed by atoms with Crippen LogP contribution in [-0.4, -0.2) is 0 Å². The Bertz CT molecular complexity index is 8680. The van der Waals surface area contributed by atoms with Crippen LogP contribution in [0.25, 0.3) is 166 Å². The molecule has 0 amide bonds. The quantitative estimate of drug-likeness (QED) is 0.108. The van der Waals surface area contributed by atoms with Crippen LogP contribution in [0.4, 0.5) is 51.2 Å². The van der Waals surface area contributed by atoms with Crippen LogP contribution < -0.4 is 14.7 Å². The molecule has 0 saturated heterocycles. The molecule has 139 heavy (non-hydrogen) atoms. The highest BCUT2D eigenvalue weighted by molar-refractivity contribution is 6.11. The van der Waals surface area contributed by atoms with E-state index in [9.17, 15) is 0 Å². The first kappa shape index (κ1) is 83.5. The highest BCUT2D eigenvalue weighted by Gasteiger charge is 2.41. The summed E-state index contributed by atoms with van der Waals surface area (Å²) in [6.45, 7) is 14.1. The number of hydrogen-bond acceptors (Lipinski definition) is 6. The average Bonchev–Trinajstić information content (AvgIpc) is 1.56. The number of nitrogens with zero attached hydrogens (tertiary/aromatic N) is 3. The predicted molar refractivity (Wildman–Crippen MR) is 583 cm³/mol. The van der Waals surface area contributed by atoms with Gasteiger partial charge in [0, 0.05) is 99.7 Å². The molecule has 3 aliphatic rings. The highest BCUT2D eigenvalue weighted by atomic mass is 16.3. The Labute approximate surface area is 809 Å². The third kappa shape index (κ3) is 14.6. The van der Waals surface area contributed by atoms with E-state index < -0.39 is 0 Å². The lowest BCUT2D eigenvalue weighted by Crippen LogP contribution is -2.16. The van der Waals surface area contributed by atoms with Gasteiger partial charge < -0.3 is 28.0 Å². The first-order valence-electron chi connectivity index (χ1n) is 48.1. The van der Waals surface area contributed by atoms with Crippen LogP contribution in [0.2, 0.25) is 0 Å². The number of anilines is 9.